The first kappa shape index (κ1) is 19.1. The highest BCUT2D eigenvalue weighted by atomic mass is 32.1. The van der Waals surface area contributed by atoms with Crippen LogP contribution in [0.4, 0.5) is 5.13 Å². The predicted molar refractivity (Wildman–Crippen MR) is 107 cm³/mol. The molecule has 0 atom stereocenters. The van der Waals surface area contributed by atoms with Crippen LogP contribution in [0, 0.1) is 6.92 Å². The number of carbonyl (C=O) groups excluding carboxylic acids is 2. The second kappa shape index (κ2) is 8.79. The number of furan rings is 1. The van der Waals surface area contributed by atoms with Crippen LogP contribution in [0.1, 0.15) is 26.7 Å². The first-order chi connectivity index (χ1) is 13.1. The molecule has 3 heterocycles. The third-order valence-corrected chi connectivity index (χ3v) is 5.50. The Kier molecular flexibility index (Phi) is 6.20. The van der Waals surface area contributed by atoms with E-state index in [9.17, 15) is 9.59 Å². The van der Waals surface area contributed by atoms with Crippen LogP contribution >= 0.6 is 22.7 Å². The lowest BCUT2D eigenvalue weighted by Crippen LogP contribution is -2.31. The van der Waals surface area contributed by atoms with Crippen molar-refractivity contribution in [3.63, 3.8) is 0 Å². The van der Waals surface area contributed by atoms with Crippen LogP contribution in [-0.4, -0.2) is 28.2 Å². The fourth-order valence-electron chi connectivity index (χ4n) is 2.50. The van der Waals surface area contributed by atoms with Crippen LogP contribution < -0.4 is 5.32 Å². The van der Waals surface area contributed by atoms with Crippen molar-refractivity contribution in [2.75, 3.05) is 11.9 Å². The van der Waals surface area contributed by atoms with Crippen LogP contribution in [0.3, 0.4) is 0 Å². The van der Waals surface area contributed by atoms with E-state index in [4.69, 9.17) is 4.42 Å². The molecule has 0 bridgehead atoms. The molecule has 0 aliphatic carbocycles. The first-order valence-electron chi connectivity index (χ1n) is 8.27. The highest BCUT2D eigenvalue weighted by Crippen LogP contribution is 2.19. The molecule has 8 heteroatoms. The lowest BCUT2D eigenvalue weighted by molar-refractivity contribution is -0.130. The van der Waals surface area contributed by atoms with Gasteiger partial charge in [-0.05, 0) is 24.4 Å². The Morgan fingerprint density at radius 3 is 2.89 bits per heavy atom. The van der Waals surface area contributed by atoms with E-state index in [2.05, 4.69) is 16.9 Å². The Hall–Kier alpha value is -2.71. The average molecular weight is 402 g/mol. The summed E-state index contributed by atoms with van der Waals surface area (Å²) < 4.78 is 5.14. The van der Waals surface area contributed by atoms with E-state index < -0.39 is 0 Å². The topological polar surface area (TPSA) is 75.4 Å². The zero-order valence-electron chi connectivity index (χ0n) is 14.8. The molecule has 6 nitrogen and oxygen atoms in total. The first-order valence-corrected chi connectivity index (χ1v) is 10.0. The van der Waals surface area contributed by atoms with Gasteiger partial charge in [0, 0.05) is 16.8 Å². The lowest BCUT2D eigenvalue weighted by Gasteiger charge is -2.20. The number of rotatable bonds is 8. The number of aromatic nitrogens is 1. The maximum Gasteiger partial charge on any atom is 0.260 e. The van der Waals surface area contributed by atoms with Gasteiger partial charge in [0.05, 0.1) is 30.5 Å². The lowest BCUT2D eigenvalue weighted by atomic mass is 10.2. The van der Waals surface area contributed by atoms with Crippen molar-refractivity contribution in [3.05, 3.63) is 69.8 Å². The third-order valence-electron chi connectivity index (χ3n) is 3.84. The molecule has 0 fully saturated rings. The molecule has 0 unspecified atom stereocenters. The normalized spacial score (nSPS) is 10.6. The largest absolute Gasteiger partial charge is 0.469 e. The van der Waals surface area contributed by atoms with Crippen LogP contribution in [0.2, 0.25) is 0 Å². The van der Waals surface area contributed by atoms with E-state index in [-0.39, 0.29) is 18.2 Å². The van der Waals surface area contributed by atoms with Crippen molar-refractivity contribution in [3.8, 4) is 0 Å². The van der Waals surface area contributed by atoms with Gasteiger partial charge in [-0.2, -0.15) is 0 Å². The van der Waals surface area contributed by atoms with Crippen molar-refractivity contribution in [1.82, 2.24) is 9.88 Å². The average Bonchev–Trinajstić information content (AvgIpc) is 3.37. The molecule has 0 aliphatic rings. The van der Waals surface area contributed by atoms with Gasteiger partial charge < -0.3 is 9.32 Å². The van der Waals surface area contributed by atoms with Crippen LogP contribution in [0.15, 0.2) is 52.3 Å². The van der Waals surface area contributed by atoms with Gasteiger partial charge in [-0.25, -0.2) is 4.98 Å². The maximum absolute atomic E-state index is 12.6. The molecule has 0 saturated carbocycles. The van der Waals surface area contributed by atoms with Gasteiger partial charge in [0.15, 0.2) is 5.13 Å². The monoisotopic (exact) mass is 401 g/mol. The van der Waals surface area contributed by atoms with Crippen molar-refractivity contribution in [1.29, 1.82) is 0 Å². The fourth-order valence-corrected chi connectivity index (χ4v) is 3.92. The molecule has 3 rings (SSSR count). The molecule has 1 N–H and O–H groups in total. The molecule has 3 aromatic rings. The van der Waals surface area contributed by atoms with E-state index in [0.29, 0.717) is 35.2 Å². The number of nitrogens with one attached hydrogen (secondary N) is 1. The van der Waals surface area contributed by atoms with Crippen molar-refractivity contribution in [2.45, 2.75) is 19.9 Å². The Labute approximate surface area is 165 Å². The highest BCUT2D eigenvalue weighted by Gasteiger charge is 2.17. The molecule has 0 aromatic carbocycles. The number of thiophene rings is 1. The number of hydrogen-bond acceptors (Lipinski definition) is 6. The maximum atomic E-state index is 12.6. The number of amides is 2. The number of thiazole rings is 1. The van der Waals surface area contributed by atoms with Crippen LogP contribution in [-0.2, 0) is 17.8 Å². The summed E-state index contributed by atoms with van der Waals surface area (Å²) in [4.78, 5) is 32.1. The molecule has 140 valence electrons. The second-order valence-electron chi connectivity index (χ2n) is 5.81. The van der Waals surface area contributed by atoms with E-state index in [1.54, 1.807) is 40.7 Å². The molecule has 0 spiro atoms. The van der Waals surface area contributed by atoms with Crippen molar-refractivity contribution >= 4 is 39.6 Å². The molecular formula is C19H19N3O3S2. The molecule has 0 aliphatic heterocycles. The smallest absolute Gasteiger partial charge is 0.260 e. The Bertz CT molecular complexity index is 928. The van der Waals surface area contributed by atoms with Crippen LogP contribution in [0.25, 0.3) is 0 Å². The van der Waals surface area contributed by atoms with Gasteiger partial charge in [-0.1, -0.05) is 12.1 Å². The van der Waals surface area contributed by atoms with E-state index in [1.807, 2.05) is 17.5 Å². The van der Waals surface area contributed by atoms with E-state index in [0.717, 1.165) is 4.88 Å². The summed E-state index contributed by atoms with van der Waals surface area (Å²) in [5, 5.41) is 6.97. The van der Waals surface area contributed by atoms with Crippen molar-refractivity contribution < 1.29 is 14.0 Å². The summed E-state index contributed by atoms with van der Waals surface area (Å²) in [6, 6.07) is 5.58. The molecule has 27 heavy (non-hydrogen) atoms. The highest BCUT2D eigenvalue weighted by molar-refractivity contribution is 7.14. The number of aryl methyl sites for hydroxylation is 1. The summed E-state index contributed by atoms with van der Waals surface area (Å²) in [5.74, 6) is 0.240. The summed E-state index contributed by atoms with van der Waals surface area (Å²) in [6.07, 6.45) is 3.36. The Morgan fingerprint density at radius 1 is 1.37 bits per heavy atom. The van der Waals surface area contributed by atoms with Gasteiger partial charge in [0.25, 0.3) is 5.91 Å². The zero-order valence-corrected chi connectivity index (χ0v) is 16.4. The Balaban J connectivity index is 1.61. The number of nitrogens with zero attached hydrogens (tertiary/aromatic N) is 2. The summed E-state index contributed by atoms with van der Waals surface area (Å²) in [6.45, 7) is 6.48. The number of anilines is 1. The van der Waals surface area contributed by atoms with Gasteiger partial charge in [0.1, 0.15) is 5.76 Å². The van der Waals surface area contributed by atoms with Gasteiger partial charge >= 0.3 is 0 Å². The minimum absolute atomic E-state index is 0.0304. The van der Waals surface area contributed by atoms with E-state index >= 15 is 0 Å². The van der Waals surface area contributed by atoms with Gasteiger partial charge in [0.2, 0.25) is 5.91 Å². The molecular weight excluding hydrogens is 382 g/mol. The predicted octanol–water partition coefficient (Wildman–Crippen LogP) is 4.12. The molecule has 2 amide bonds. The summed E-state index contributed by atoms with van der Waals surface area (Å²) >= 11 is 2.91. The summed E-state index contributed by atoms with van der Waals surface area (Å²) in [5.41, 5.74) is 1.10. The van der Waals surface area contributed by atoms with Gasteiger partial charge in [-0.3, -0.25) is 14.9 Å². The van der Waals surface area contributed by atoms with Crippen LogP contribution in [0.5, 0.6) is 0 Å². The summed E-state index contributed by atoms with van der Waals surface area (Å²) in [7, 11) is 0. The fraction of sp³-hybridized carbons (Fsp3) is 0.211. The van der Waals surface area contributed by atoms with Crippen molar-refractivity contribution in [2.24, 2.45) is 0 Å². The number of hydrogen-bond donors (Lipinski definition) is 1. The quantitative estimate of drug-likeness (QED) is 0.576. The third kappa shape index (κ3) is 4.93. The molecule has 0 saturated heterocycles. The number of carbonyl (C=O) groups is 2. The minimum atomic E-state index is -0.278. The SMILES string of the molecule is C=CCN(Cc1cccs1)C(=O)Cc1csc(NC(=O)c2ccoc2C)n1. The zero-order chi connectivity index (χ0) is 19.2. The molecule has 3 aromatic heterocycles. The minimum Gasteiger partial charge on any atom is -0.469 e. The second-order valence-corrected chi connectivity index (χ2v) is 7.70. The van der Waals surface area contributed by atoms with E-state index in [1.165, 1.54) is 17.6 Å². The van der Waals surface area contributed by atoms with Gasteiger partial charge in [-0.15, -0.1) is 29.3 Å². The molecule has 0 radical (unpaired) electrons. The Morgan fingerprint density at radius 2 is 2.22 bits per heavy atom. The standard InChI is InChI=1S/C19H19N3O3S2/c1-3-7-22(11-15-5-4-9-26-15)17(23)10-14-12-27-19(20-14)21-18(24)16-6-8-25-13(16)2/h3-6,8-9,12H,1,7,10-11H2,2H3,(H,20,21,24).